The van der Waals surface area contributed by atoms with Gasteiger partial charge >= 0.3 is 6.09 Å². The van der Waals surface area contributed by atoms with Crippen LogP contribution in [0.15, 0.2) is 18.3 Å². The highest BCUT2D eigenvalue weighted by Crippen LogP contribution is 2.25. The number of amides is 1. The van der Waals surface area contributed by atoms with Gasteiger partial charge in [-0.25, -0.2) is 9.78 Å². The molecule has 5 heteroatoms. The van der Waals surface area contributed by atoms with Gasteiger partial charge in [0.25, 0.3) is 0 Å². The van der Waals surface area contributed by atoms with Crippen LogP contribution >= 0.6 is 0 Å². The van der Waals surface area contributed by atoms with E-state index >= 15 is 0 Å². The predicted octanol–water partition coefficient (Wildman–Crippen LogP) is 4.05. The zero-order valence-electron chi connectivity index (χ0n) is 14.9. The second-order valence-electron chi connectivity index (χ2n) is 7.21. The largest absolute Gasteiger partial charge is 0.443 e. The molecule has 1 aliphatic rings. The number of anilines is 1. The fraction of sp³-hybridized carbons (Fsp3) is 0.667. The maximum atomic E-state index is 12.6. The van der Waals surface area contributed by atoms with Gasteiger partial charge in [0, 0.05) is 18.3 Å². The summed E-state index contributed by atoms with van der Waals surface area (Å²) in [6, 6.07) is 4.40. The van der Waals surface area contributed by atoms with Crippen LogP contribution in [0.1, 0.15) is 65.5 Å². The Morgan fingerprint density at radius 1 is 1.48 bits per heavy atom. The molecular formula is C18H29N3O2. The molecule has 2 heterocycles. The maximum Gasteiger partial charge on any atom is 0.416 e. The molecule has 0 radical (unpaired) electrons. The Morgan fingerprint density at radius 2 is 2.22 bits per heavy atom. The second-order valence-corrected chi connectivity index (χ2v) is 7.21. The van der Waals surface area contributed by atoms with E-state index in [1.807, 2.05) is 40.0 Å². The molecule has 1 aromatic rings. The molecule has 2 rings (SSSR count). The highest BCUT2D eigenvalue weighted by molar-refractivity contribution is 5.87. The smallest absolute Gasteiger partial charge is 0.416 e. The van der Waals surface area contributed by atoms with Crippen LogP contribution in [0.2, 0.25) is 0 Å². The third-order valence-electron chi connectivity index (χ3n) is 4.10. The number of carbonyl (C=O) groups excluding carboxylic acids is 1. The molecule has 0 spiro atoms. The first kappa shape index (κ1) is 17.7. The first-order valence-corrected chi connectivity index (χ1v) is 8.53. The van der Waals surface area contributed by atoms with Gasteiger partial charge in [-0.2, -0.15) is 0 Å². The summed E-state index contributed by atoms with van der Waals surface area (Å²) >= 11 is 0. The van der Waals surface area contributed by atoms with E-state index in [4.69, 9.17) is 4.74 Å². The monoisotopic (exact) mass is 319 g/mol. The summed E-state index contributed by atoms with van der Waals surface area (Å²) in [6.45, 7) is 10.8. The van der Waals surface area contributed by atoms with Gasteiger partial charge in [-0.15, -0.1) is 0 Å². The lowest BCUT2D eigenvalue weighted by Gasteiger charge is -2.30. The molecule has 2 atom stereocenters. The van der Waals surface area contributed by atoms with Crippen molar-refractivity contribution in [2.24, 2.45) is 0 Å². The Kier molecular flexibility index (Phi) is 5.63. The highest BCUT2D eigenvalue weighted by Gasteiger charge is 2.28. The van der Waals surface area contributed by atoms with Gasteiger partial charge in [-0.3, -0.25) is 4.90 Å². The van der Waals surface area contributed by atoms with Gasteiger partial charge in [-0.1, -0.05) is 13.0 Å². The molecule has 1 N–H and O–H groups in total. The molecule has 1 amide bonds. The van der Waals surface area contributed by atoms with Crippen molar-refractivity contribution in [2.75, 3.05) is 11.4 Å². The van der Waals surface area contributed by atoms with Crippen LogP contribution in [0, 0.1) is 0 Å². The molecule has 128 valence electrons. The summed E-state index contributed by atoms with van der Waals surface area (Å²) in [5, 5.41) is 3.46. The van der Waals surface area contributed by atoms with E-state index in [0.29, 0.717) is 11.9 Å². The van der Waals surface area contributed by atoms with E-state index in [1.54, 1.807) is 4.90 Å². The minimum Gasteiger partial charge on any atom is -0.443 e. The van der Waals surface area contributed by atoms with Gasteiger partial charge in [0.1, 0.15) is 11.4 Å². The van der Waals surface area contributed by atoms with Gasteiger partial charge in [0.05, 0.1) is 0 Å². The second kappa shape index (κ2) is 7.30. The normalized spacial score (nSPS) is 19.4. The molecule has 1 fully saturated rings. The Morgan fingerprint density at radius 3 is 2.70 bits per heavy atom. The zero-order valence-corrected chi connectivity index (χ0v) is 14.9. The van der Waals surface area contributed by atoms with Gasteiger partial charge in [-0.05, 0) is 65.1 Å². The molecular weight excluding hydrogens is 290 g/mol. The van der Waals surface area contributed by atoms with E-state index in [1.165, 1.54) is 12.0 Å². The van der Waals surface area contributed by atoms with Crippen molar-refractivity contribution in [3.63, 3.8) is 0 Å². The highest BCUT2D eigenvalue weighted by atomic mass is 16.6. The summed E-state index contributed by atoms with van der Waals surface area (Å²) in [6.07, 6.45) is 4.71. The number of ether oxygens (including phenoxy) is 1. The van der Waals surface area contributed by atoms with Crippen molar-refractivity contribution in [1.29, 1.82) is 0 Å². The maximum absolute atomic E-state index is 12.6. The molecule has 0 bridgehead atoms. The number of nitrogens with one attached hydrogen (secondary N) is 1. The summed E-state index contributed by atoms with van der Waals surface area (Å²) < 4.78 is 5.54. The summed E-state index contributed by atoms with van der Waals surface area (Å²) in [5.41, 5.74) is 0.663. The molecule has 1 saturated heterocycles. The zero-order chi connectivity index (χ0) is 17.0. The average molecular weight is 319 g/mol. The van der Waals surface area contributed by atoms with Gasteiger partial charge < -0.3 is 10.1 Å². The van der Waals surface area contributed by atoms with Crippen molar-refractivity contribution < 1.29 is 9.53 Å². The fourth-order valence-electron chi connectivity index (χ4n) is 2.71. The van der Waals surface area contributed by atoms with E-state index in [0.717, 1.165) is 19.4 Å². The number of pyridine rings is 1. The standard InChI is InChI=1S/C18H29N3O2/c1-6-13(2)21(17(22)23-18(3,4)5)16-10-9-14(12-20-16)15-8-7-11-19-15/h9-10,12-13,15,19H,6-8,11H2,1-5H3/t13-,15-/m0/s1. The molecule has 0 unspecified atom stereocenters. The summed E-state index contributed by atoms with van der Waals surface area (Å²) in [5.74, 6) is 0.648. The van der Waals surface area contributed by atoms with Crippen molar-refractivity contribution in [3.05, 3.63) is 23.9 Å². The van der Waals surface area contributed by atoms with Crippen LogP contribution in [0.3, 0.4) is 0 Å². The molecule has 0 aliphatic carbocycles. The van der Waals surface area contributed by atoms with Gasteiger partial charge in [0.15, 0.2) is 0 Å². The summed E-state index contributed by atoms with van der Waals surface area (Å²) in [4.78, 5) is 18.7. The van der Waals surface area contributed by atoms with Crippen LogP contribution in [0.4, 0.5) is 10.6 Å². The average Bonchev–Trinajstić information content (AvgIpc) is 3.00. The SMILES string of the molecule is CC[C@H](C)N(C(=O)OC(C)(C)C)c1ccc([C@@H]2CCCN2)cn1. The minimum absolute atomic E-state index is 0.0350. The Bertz CT molecular complexity index is 516. The van der Waals surface area contributed by atoms with Crippen LogP contribution in [0.25, 0.3) is 0 Å². The molecule has 5 nitrogen and oxygen atoms in total. The van der Waals surface area contributed by atoms with Crippen molar-refractivity contribution in [2.45, 2.75) is 71.6 Å². The first-order valence-electron chi connectivity index (χ1n) is 8.53. The quantitative estimate of drug-likeness (QED) is 0.910. The number of nitrogens with zero attached hydrogens (tertiary/aromatic N) is 2. The molecule has 23 heavy (non-hydrogen) atoms. The molecule has 0 saturated carbocycles. The Balaban J connectivity index is 2.19. The number of rotatable bonds is 4. The van der Waals surface area contributed by atoms with Crippen LogP contribution < -0.4 is 10.2 Å². The van der Waals surface area contributed by atoms with E-state index in [-0.39, 0.29) is 12.1 Å². The summed E-state index contributed by atoms with van der Waals surface area (Å²) in [7, 11) is 0. The van der Waals surface area contributed by atoms with E-state index in [9.17, 15) is 4.79 Å². The lowest BCUT2D eigenvalue weighted by atomic mass is 10.1. The lowest BCUT2D eigenvalue weighted by Crippen LogP contribution is -2.42. The minimum atomic E-state index is -0.517. The predicted molar refractivity (Wildman–Crippen MR) is 92.7 cm³/mol. The van der Waals surface area contributed by atoms with Crippen LogP contribution in [0.5, 0.6) is 0 Å². The van der Waals surface area contributed by atoms with Crippen LogP contribution in [-0.4, -0.2) is 29.3 Å². The van der Waals surface area contributed by atoms with Gasteiger partial charge in [0.2, 0.25) is 0 Å². The third-order valence-corrected chi connectivity index (χ3v) is 4.10. The van der Waals surface area contributed by atoms with Crippen molar-refractivity contribution in [1.82, 2.24) is 10.3 Å². The number of hydrogen-bond donors (Lipinski definition) is 1. The number of hydrogen-bond acceptors (Lipinski definition) is 4. The molecule has 1 aromatic heterocycles. The van der Waals surface area contributed by atoms with Crippen LogP contribution in [-0.2, 0) is 4.74 Å². The number of carbonyl (C=O) groups is 1. The molecule has 1 aliphatic heterocycles. The fourth-order valence-corrected chi connectivity index (χ4v) is 2.71. The topological polar surface area (TPSA) is 54.5 Å². The van der Waals surface area contributed by atoms with E-state index < -0.39 is 5.60 Å². The van der Waals surface area contributed by atoms with Crippen molar-refractivity contribution in [3.8, 4) is 0 Å². The number of aromatic nitrogens is 1. The lowest BCUT2D eigenvalue weighted by molar-refractivity contribution is 0.0566. The van der Waals surface area contributed by atoms with Crippen molar-refractivity contribution >= 4 is 11.9 Å². The third kappa shape index (κ3) is 4.67. The molecule has 0 aromatic carbocycles. The first-order chi connectivity index (χ1) is 10.8. The van der Waals surface area contributed by atoms with E-state index in [2.05, 4.69) is 23.3 Å². The Labute approximate surface area is 139 Å². The Hall–Kier alpha value is -1.62.